The fraction of sp³-hybridized carbons (Fsp3) is 0.222. The minimum Gasteiger partial charge on any atom is -0.428 e. The van der Waals surface area contributed by atoms with Gasteiger partial charge in [-0.05, 0) is 70.2 Å². The van der Waals surface area contributed by atoms with Gasteiger partial charge in [0, 0.05) is 0 Å². The zero-order valence-electron chi connectivity index (χ0n) is 13.5. The van der Waals surface area contributed by atoms with Crippen molar-refractivity contribution in [2.45, 2.75) is 26.2 Å². The van der Waals surface area contributed by atoms with Crippen LogP contribution in [0, 0.1) is 0 Å². The van der Waals surface area contributed by atoms with Crippen molar-refractivity contribution >= 4 is 48.6 Å². The molecular weight excluding hydrogens is 304 g/mol. The molecule has 114 valence electrons. The minimum atomic E-state index is -2.29. The summed E-state index contributed by atoms with van der Waals surface area (Å²) in [6, 6.07) is 16.8. The van der Waals surface area contributed by atoms with Crippen LogP contribution in [0.1, 0.15) is 0 Å². The molecule has 0 heterocycles. The molecule has 22 heavy (non-hydrogen) atoms. The normalized spacial score (nSPS) is 13.0. The van der Waals surface area contributed by atoms with Crippen LogP contribution >= 0.6 is 0 Å². The Kier molecular flexibility index (Phi) is 3.53. The van der Waals surface area contributed by atoms with Gasteiger partial charge in [0.1, 0.15) is 0 Å². The predicted octanol–water partition coefficient (Wildman–Crippen LogP) is 2.80. The molecule has 0 amide bonds. The lowest BCUT2D eigenvalue weighted by Crippen LogP contribution is -2.41. The fourth-order valence-electron chi connectivity index (χ4n) is 2.76. The van der Waals surface area contributed by atoms with Crippen LogP contribution in [0.5, 0.6) is 0 Å². The number of fused-ring (bicyclic) bond motifs is 2. The average molecular weight is 327 g/mol. The van der Waals surface area contributed by atoms with Gasteiger partial charge < -0.3 is 9.59 Å². The molecule has 0 aromatic heterocycles. The zero-order valence-corrected chi connectivity index (χ0v) is 15.5. The van der Waals surface area contributed by atoms with E-state index >= 15 is 0 Å². The number of hydrogen-bond donors (Lipinski definition) is 2. The monoisotopic (exact) mass is 326 g/mol. The molecule has 0 aliphatic heterocycles. The van der Waals surface area contributed by atoms with Crippen LogP contribution < -0.4 is 10.4 Å². The van der Waals surface area contributed by atoms with Gasteiger partial charge in [-0.3, -0.25) is 0 Å². The predicted molar refractivity (Wildman–Crippen MR) is 100 cm³/mol. The Morgan fingerprint density at radius 1 is 0.545 bits per heavy atom. The minimum absolute atomic E-state index is 1.05. The molecule has 0 bridgehead atoms. The summed E-state index contributed by atoms with van der Waals surface area (Å²) in [6.45, 7) is 7.75. The van der Waals surface area contributed by atoms with Gasteiger partial charge in [0.2, 0.25) is 16.6 Å². The summed E-state index contributed by atoms with van der Waals surface area (Å²) >= 11 is 0. The van der Waals surface area contributed by atoms with E-state index in [1.54, 1.807) is 0 Å². The van der Waals surface area contributed by atoms with Crippen LogP contribution in [0.4, 0.5) is 0 Å². The van der Waals surface area contributed by atoms with Crippen LogP contribution in [-0.4, -0.2) is 26.2 Å². The van der Waals surface area contributed by atoms with E-state index < -0.39 is 16.6 Å². The van der Waals surface area contributed by atoms with E-state index in [1.807, 2.05) is 38.3 Å². The van der Waals surface area contributed by atoms with Gasteiger partial charge in [-0.2, -0.15) is 0 Å². The Morgan fingerprint density at radius 3 is 1.27 bits per heavy atom. The van der Waals surface area contributed by atoms with E-state index in [-0.39, 0.29) is 0 Å². The summed E-state index contributed by atoms with van der Waals surface area (Å²) in [5.74, 6) is 0. The summed E-state index contributed by atoms with van der Waals surface area (Å²) in [5, 5.41) is 6.76. The Morgan fingerprint density at radius 2 is 0.909 bits per heavy atom. The van der Waals surface area contributed by atoms with Gasteiger partial charge in [-0.25, -0.2) is 0 Å². The van der Waals surface area contributed by atoms with Crippen LogP contribution in [0.25, 0.3) is 21.5 Å². The number of rotatable bonds is 2. The second-order valence-electron chi connectivity index (χ2n) is 7.09. The first-order chi connectivity index (χ1) is 10.1. The summed E-state index contributed by atoms with van der Waals surface area (Å²) in [7, 11) is -4.58. The quantitative estimate of drug-likeness (QED) is 0.561. The summed E-state index contributed by atoms with van der Waals surface area (Å²) in [5.41, 5.74) is 0. The molecule has 0 atom stereocenters. The molecule has 2 nitrogen and oxygen atoms in total. The smallest absolute Gasteiger partial charge is 0.213 e. The highest BCUT2D eigenvalue weighted by Gasteiger charge is 2.21. The standard InChI is InChI=1S/C18H22O2Si2/c1-21(2,19)17-7-5-13-9-14-6-8-18(22(3,4)20)12-16(14)10-15(13)11-17/h5-12,19-20H,1-4H3. The summed E-state index contributed by atoms with van der Waals surface area (Å²) in [4.78, 5) is 20.6. The number of hydrogen-bond acceptors (Lipinski definition) is 2. The Hall–Kier alpha value is -1.47. The van der Waals surface area contributed by atoms with Gasteiger partial charge >= 0.3 is 0 Å². The van der Waals surface area contributed by atoms with E-state index in [2.05, 4.69) is 36.4 Å². The lowest BCUT2D eigenvalue weighted by Gasteiger charge is -2.17. The van der Waals surface area contributed by atoms with E-state index in [1.165, 1.54) is 10.8 Å². The molecule has 0 unspecified atom stereocenters. The molecule has 3 rings (SSSR count). The van der Waals surface area contributed by atoms with Crippen LogP contribution in [0.15, 0.2) is 48.5 Å². The molecule has 4 heteroatoms. The van der Waals surface area contributed by atoms with Crippen molar-refractivity contribution in [1.82, 2.24) is 0 Å². The molecule has 0 aliphatic carbocycles. The van der Waals surface area contributed by atoms with Crippen molar-refractivity contribution in [2.24, 2.45) is 0 Å². The lowest BCUT2D eigenvalue weighted by atomic mass is 10.0. The molecule has 0 radical (unpaired) electrons. The molecule has 3 aromatic carbocycles. The van der Waals surface area contributed by atoms with Crippen molar-refractivity contribution in [3.8, 4) is 0 Å². The third kappa shape index (κ3) is 2.87. The zero-order chi connectivity index (χ0) is 16.1. The largest absolute Gasteiger partial charge is 0.428 e. The van der Waals surface area contributed by atoms with Crippen molar-refractivity contribution in [1.29, 1.82) is 0 Å². The molecular formula is C18H22O2Si2. The van der Waals surface area contributed by atoms with Crippen molar-refractivity contribution in [2.75, 3.05) is 0 Å². The molecule has 0 saturated heterocycles. The SMILES string of the molecule is C[Si](C)(O)c1ccc2cc3ccc([Si](C)(C)O)cc3cc2c1. The van der Waals surface area contributed by atoms with Gasteiger partial charge in [-0.1, -0.05) is 36.4 Å². The highest BCUT2D eigenvalue weighted by Crippen LogP contribution is 2.22. The summed E-state index contributed by atoms with van der Waals surface area (Å²) < 4.78 is 0. The lowest BCUT2D eigenvalue weighted by molar-refractivity contribution is 0.567. The van der Waals surface area contributed by atoms with Crippen molar-refractivity contribution in [3.05, 3.63) is 48.5 Å². The molecule has 0 spiro atoms. The average Bonchev–Trinajstić information content (AvgIpc) is 2.41. The van der Waals surface area contributed by atoms with Crippen LogP contribution in [0.3, 0.4) is 0 Å². The maximum atomic E-state index is 10.3. The van der Waals surface area contributed by atoms with Crippen LogP contribution in [-0.2, 0) is 0 Å². The van der Waals surface area contributed by atoms with Crippen molar-refractivity contribution < 1.29 is 9.59 Å². The molecule has 2 N–H and O–H groups in total. The second-order valence-corrected chi connectivity index (χ2v) is 14.5. The second kappa shape index (κ2) is 5.03. The van der Waals surface area contributed by atoms with E-state index in [9.17, 15) is 9.59 Å². The van der Waals surface area contributed by atoms with Gasteiger partial charge in [0.25, 0.3) is 0 Å². The fourth-order valence-corrected chi connectivity index (χ4v) is 4.76. The van der Waals surface area contributed by atoms with E-state index in [4.69, 9.17) is 0 Å². The Labute approximate surface area is 133 Å². The first kappa shape index (κ1) is 15.4. The van der Waals surface area contributed by atoms with E-state index in [0.717, 1.165) is 21.1 Å². The van der Waals surface area contributed by atoms with Crippen LogP contribution in [0.2, 0.25) is 26.2 Å². The van der Waals surface area contributed by atoms with Gasteiger partial charge in [-0.15, -0.1) is 0 Å². The Bertz CT molecular complexity index is 789. The topological polar surface area (TPSA) is 40.5 Å². The third-order valence-electron chi connectivity index (χ3n) is 4.21. The first-order valence-electron chi connectivity index (χ1n) is 7.58. The third-order valence-corrected chi connectivity index (χ3v) is 7.66. The van der Waals surface area contributed by atoms with Gasteiger partial charge in [0.15, 0.2) is 0 Å². The van der Waals surface area contributed by atoms with Gasteiger partial charge in [0.05, 0.1) is 0 Å². The molecule has 0 fully saturated rings. The Balaban J connectivity index is 2.24. The molecule has 0 aliphatic rings. The summed E-state index contributed by atoms with van der Waals surface area (Å²) in [6.07, 6.45) is 0. The first-order valence-corrected chi connectivity index (χ1v) is 13.5. The maximum absolute atomic E-state index is 10.3. The van der Waals surface area contributed by atoms with Crippen molar-refractivity contribution in [3.63, 3.8) is 0 Å². The highest BCUT2D eigenvalue weighted by atomic mass is 28.4. The maximum Gasteiger partial charge on any atom is 0.213 e. The highest BCUT2D eigenvalue weighted by molar-refractivity contribution is 6.83. The molecule has 3 aromatic rings. The molecule has 0 saturated carbocycles. The van der Waals surface area contributed by atoms with E-state index in [0.29, 0.717) is 0 Å². The number of benzene rings is 3.